The van der Waals surface area contributed by atoms with Crippen LogP contribution in [0.2, 0.25) is 0 Å². The fourth-order valence-electron chi connectivity index (χ4n) is 5.16. The van der Waals surface area contributed by atoms with Crippen LogP contribution in [0.5, 0.6) is 0 Å². The van der Waals surface area contributed by atoms with Gasteiger partial charge in [-0.2, -0.15) is 0 Å². The van der Waals surface area contributed by atoms with Crippen molar-refractivity contribution in [1.82, 2.24) is 0 Å². The van der Waals surface area contributed by atoms with E-state index >= 15 is 0 Å². The van der Waals surface area contributed by atoms with E-state index in [9.17, 15) is 14.4 Å². The highest BCUT2D eigenvalue weighted by Gasteiger charge is 2.32. The third-order valence-electron chi connectivity index (χ3n) is 7.38. The molecule has 0 aromatic carbocycles. The zero-order chi connectivity index (χ0) is 25.0. The van der Waals surface area contributed by atoms with E-state index in [4.69, 9.17) is 9.47 Å². The van der Waals surface area contributed by atoms with Crippen LogP contribution in [-0.2, 0) is 28.6 Å². The van der Waals surface area contributed by atoms with Crippen LogP contribution in [0.4, 0.5) is 0 Å². The largest absolute Gasteiger partial charge is 0.469 e. The van der Waals surface area contributed by atoms with Crippen molar-refractivity contribution in [1.29, 1.82) is 0 Å². The topological polar surface area (TPSA) is 78.9 Å². The minimum Gasteiger partial charge on any atom is -0.469 e. The lowest BCUT2D eigenvalue weighted by molar-refractivity contribution is -0.150. The summed E-state index contributed by atoms with van der Waals surface area (Å²) < 4.78 is 15.4. The van der Waals surface area contributed by atoms with Crippen LogP contribution in [0.1, 0.15) is 122 Å². The molecule has 0 spiro atoms. The van der Waals surface area contributed by atoms with Gasteiger partial charge in [-0.15, -0.1) is 0 Å². The summed E-state index contributed by atoms with van der Waals surface area (Å²) in [7, 11) is 2.93. The molecule has 0 aliphatic carbocycles. The zero-order valence-electron chi connectivity index (χ0n) is 22.1. The molecule has 1 aliphatic rings. The number of methoxy groups -OCH3 is 2. The van der Waals surface area contributed by atoms with Gasteiger partial charge in [0, 0.05) is 12.8 Å². The number of rotatable bonds is 11. The van der Waals surface area contributed by atoms with Crippen LogP contribution in [0.15, 0.2) is 0 Å². The fourth-order valence-corrected chi connectivity index (χ4v) is 5.16. The molecule has 6 heteroatoms. The molecule has 0 bridgehead atoms. The first kappa shape index (κ1) is 30.4. The van der Waals surface area contributed by atoms with Crippen LogP contribution in [0.25, 0.3) is 0 Å². The van der Waals surface area contributed by atoms with Crippen LogP contribution >= 0.6 is 0 Å². The predicted octanol–water partition coefficient (Wildman–Crippen LogP) is 6.78. The minimum absolute atomic E-state index is 0.0882. The summed E-state index contributed by atoms with van der Waals surface area (Å²) in [6, 6.07) is 0. The average molecular weight is 483 g/mol. The highest BCUT2D eigenvalue weighted by molar-refractivity contribution is 5.72. The lowest BCUT2D eigenvalue weighted by atomic mass is 9.75. The Labute approximate surface area is 207 Å². The van der Waals surface area contributed by atoms with Crippen LogP contribution in [0.3, 0.4) is 0 Å². The van der Waals surface area contributed by atoms with E-state index in [0.717, 1.165) is 77.0 Å². The number of carbonyl (C=O) groups excluding carboxylic acids is 3. The van der Waals surface area contributed by atoms with Gasteiger partial charge >= 0.3 is 17.9 Å². The normalized spacial score (nSPS) is 22.0. The number of unbranched alkanes of at least 4 members (excludes halogenated alkanes) is 5. The molecule has 1 fully saturated rings. The number of hydrogen-bond acceptors (Lipinski definition) is 6. The fraction of sp³-hybridized carbons (Fsp3) is 0.893. The quantitative estimate of drug-likeness (QED) is 0.183. The summed E-state index contributed by atoms with van der Waals surface area (Å²) in [5.74, 6) is 0.158. The molecule has 1 aliphatic heterocycles. The molecule has 34 heavy (non-hydrogen) atoms. The molecule has 0 N–H and O–H groups in total. The molecule has 1 saturated heterocycles. The first-order chi connectivity index (χ1) is 16.5. The molecule has 198 valence electrons. The first-order valence-corrected chi connectivity index (χ1v) is 13.8. The Morgan fingerprint density at radius 2 is 1.47 bits per heavy atom. The maximum Gasteiger partial charge on any atom is 0.308 e. The Hall–Kier alpha value is -1.59. The van der Waals surface area contributed by atoms with Gasteiger partial charge in [-0.1, -0.05) is 77.6 Å². The van der Waals surface area contributed by atoms with Gasteiger partial charge in [0.1, 0.15) is 0 Å². The Kier molecular flexibility index (Phi) is 17.6. The molecule has 1 heterocycles. The van der Waals surface area contributed by atoms with E-state index in [1.165, 1.54) is 39.9 Å². The standard InChI is InChI=1S/C28H50O6/c1-23-21-22-34-27(30)20-16-12-6-4-5-9-13-17-24(23)25(28(31)33-3)18-14-10-7-8-11-15-19-26(29)32-2/h23-25H,4-22H2,1-3H3. The summed E-state index contributed by atoms with van der Waals surface area (Å²) >= 11 is 0. The van der Waals surface area contributed by atoms with E-state index in [2.05, 4.69) is 11.7 Å². The van der Waals surface area contributed by atoms with Crippen LogP contribution in [-0.4, -0.2) is 38.7 Å². The predicted molar refractivity (Wildman–Crippen MR) is 134 cm³/mol. The van der Waals surface area contributed by atoms with Gasteiger partial charge in [0.05, 0.1) is 26.7 Å². The smallest absolute Gasteiger partial charge is 0.308 e. The van der Waals surface area contributed by atoms with Crippen molar-refractivity contribution in [2.75, 3.05) is 20.8 Å². The lowest BCUT2D eigenvalue weighted by Gasteiger charge is -2.30. The van der Waals surface area contributed by atoms with Gasteiger partial charge in [-0.25, -0.2) is 0 Å². The number of ether oxygens (including phenoxy) is 3. The van der Waals surface area contributed by atoms with Crippen LogP contribution in [0, 0.1) is 17.8 Å². The number of carbonyl (C=O) groups is 3. The van der Waals surface area contributed by atoms with E-state index in [0.29, 0.717) is 25.4 Å². The summed E-state index contributed by atoms with van der Waals surface area (Å²) in [5.41, 5.74) is 0. The van der Waals surface area contributed by atoms with Crippen molar-refractivity contribution >= 4 is 17.9 Å². The van der Waals surface area contributed by atoms with Crippen molar-refractivity contribution < 1.29 is 28.6 Å². The third-order valence-corrected chi connectivity index (χ3v) is 7.38. The van der Waals surface area contributed by atoms with E-state index in [1.54, 1.807) is 0 Å². The van der Waals surface area contributed by atoms with E-state index in [-0.39, 0.29) is 29.7 Å². The molecule has 0 aromatic rings. The van der Waals surface area contributed by atoms with Crippen molar-refractivity contribution in [3.63, 3.8) is 0 Å². The first-order valence-electron chi connectivity index (χ1n) is 13.8. The number of hydrogen-bond donors (Lipinski definition) is 0. The Bertz CT molecular complexity index is 561. The monoisotopic (exact) mass is 482 g/mol. The molecule has 3 unspecified atom stereocenters. The molecular weight excluding hydrogens is 432 g/mol. The Balaban J connectivity index is 2.58. The van der Waals surface area contributed by atoms with Gasteiger partial charge in [0.15, 0.2) is 0 Å². The highest BCUT2D eigenvalue weighted by atomic mass is 16.5. The summed E-state index contributed by atoms with van der Waals surface area (Å²) in [6.45, 7) is 2.64. The molecule has 0 aromatic heterocycles. The number of esters is 3. The highest BCUT2D eigenvalue weighted by Crippen LogP contribution is 2.34. The zero-order valence-corrected chi connectivity index (χ0v) is 22.1. The van der Waals surface area contributed by atoms with Gasteiger partial charge in [-0.05, 0) is 43.9 Å². The molecule has 6 nitrogen and oxygen atoms in total. The molecular formula is C28H50O6. The van der Waals surface area contributed by atoms with Crippen molar-refractivity contribution in [2.24, 2.45) is 17.8 Å². The second-order valence-electron chi connectivity index (χ2n) is 10.0. The Morgan fingerprint density at radius 3 is 2.15 bits per heavy atom. The van der Waals surface area contributed by atoms with E-state index in [1.807, 2.05) is 0 Å². The van der Waals surface area contributed by atoms with Crippen molar-refractivity contribution in [3.05, 3.63) is 0 Å². The SMILES string of the molecule is COC(=O)CCCCCCCCC(C(=O)OC)C1CCCCCCCCCC(=O)OCCC1C. The van der Waals surface area contributed by atoms with Crippen molar-refractivity contribution in [3.8, 4) is 0 Å². The van der Waals surface area contributed by atoms with Gasteiger partial charge in [-0.3, -0.25) is 14.4 Å². The second kappa shape index (κ2) is 19.7. The summed E-state index contributed by atoms with van der Waals surface area (Å²) in [6.07, 6.45) is 17.9. The van der Waals surface area contributed by atoms with Gasteiger partial charge in [0.2, 0.25) is 0 Å². The maximum absolute atomic E-state index is 12.8. The second-order valence-corrected chi connectivity index (χ2v) is 10.0. The van der Waals surface area contributed by atoms with Crippen molar-refractivity contribution in [2.45, 2.75) is 122 Å². The van der Waals surface area contributed by atoms with Gasteiger partial charge < -0.3 is 14.2 Å². The molecule has 1 rings (SSSR count). The average Bonchev–Trinajstić information content (AvgIpc) is 2.84. The third kappa shape index (κ3) is 14.0. The molecule has 0 saturated carbocycles. The van der Waals surface area contributed by atoms with Gasteiger partial charge in [0.25, 0.3) is 0 Å². The molecule has 0 radical (unpaired) electrons. The Morgan fingerprint density at radius 1 is 0.853 bits per heavy atom. The minimum atomic E-state index is -0.136. The maximum atomic E-state index is 12.8. The molecule has 3 atom stereocenters. The molecule has 0 amide bonds. The lowest BCUT2D eigenvalue weighted by Crippen LogP contribution is -2.30. The summed E-state index contributed by atoms with van der Waals surface area (Å²) in [5, 5.41) is 0. The van der Waals surface area contributed by atoms with E-state index < -0.39 is 0 Å². The summed E-state index contributed by atoms with van der Waals surface area (Å²) in [4.78, 5) is 36.0. The van der Waals surface area contributed by atoms with Crippen LogP contribution < -0.4 is 0 Å². The number of cyclic esters (lactones) is 1.